The maximum atomic E-state index is 13.0. The third-order valence-electron chi connectivity index (χ3n) is 5.23. The molecule has 0 amide bonds. The molecule has 0 aliphatic carbocycles. The number of rotatable bonds is 6. The number of nitrogens with one attached hydrogen (secondary N) is 2. The number of phenols is 1. The van der Waals surface area contributed by atoms with Crippen molar-refractivity contribution in [2.24, 2.45) is 0 Å². The molecule has 1 saturated heterocycles. The smallest absolute Gasteiger partial charge is 0.507 e. The number of phenolic OH excluding ortho intramolecular Hbond substituents is 1. The summed E-state index contributed by atoms with van der Waals surface area (Å²) in [7, 11) is -6.23. The number of aromatic nitrogens is 2. The minimum atomic E-state index is -6.23. The zero-order valence-electron chi connectivity index (χ0n) is 20.0. The first-order valence-corrected chi connectivity index (χ1v) is 12.1. The third kappa shape index (κ3) is 7.28. The molecule has 3 N–H and O–H groups in total. The standard InChI is InChI=1S/C21H24F6N4O5S/c1-18(2)9-11(10-19(3,4)31-18)28-16-6-5-13(29-30-16)17-14(32)7-12(8-15(17)35-20(22,23)24)36-37(33,34)21(25,26)27/h5-8,11,31-32H,9-10H2,1-4H3,(H,28,30). The van der Waals surface area contributed by atoms with Gasteiger partial charge in [0.1, 0.15) is 28.8 Å². The molecule has 206 valence electrons. The number of ether oxygens (including phenoxy) is 1. The average molecular weight is 559 g/mol. The second kappa shape index (κ2) is 9.38. The molecule has 1 aliphatic rings. The van der Waals surface area contributed by atoms with E-state index in [2.05, 4.69) is 29.8 Å². The number of alkyl halides is 6. The number of halogens is 6. The Balaban J connectivity index is 1.93. The summed E-state index contributed by atoms with van der Waals surface area (Å²) in [5.74, 6) is -3.32. The molecule has 0 unspecified atom stereocenters. The van der Waals surface area contributed by atoms with Gasteiger partial charge in [-0.25, -0.2) is 0 Å². The van der Waals surface area contributed by atoms with Crippen LogP contribution >= 0.6 is 0 Å². The normalized spacial score (nSPS) is 18.3. The Morgan fingerprint density at radius 1 is 1.03 bits per heavy atom. The number of hydrogen-bond donors (Lipinski definition) is 3. The van der Waals surface area contributed by atoms with Crippen molar-refractivity contribution in [3.63, 3.8) is 0 Å². The molecule has 0 radical (unpaired) electrons. The lowest BCUT2D eigenvalue weighted by atomic mass is 9.79. The summed E-state index contributed by atoms with van der Waals surface area (Å²) in [5.41, 5.74) is -7.27. The molecule has 0 spiro atoms. The van der Waals surface area contributed by atoms with Crippen molar-refractivity contribution < 1.29 is 48.8 Å². The molecule has 3 rings (SSSR count). The summed E-state index contributed by atoms with van der Waals surface area (Å²) in [6.07, 6.45) is -3.90. The van der Waals surface area contributed by atoms with Crippen LogP contribution in [0.15, 0.2) is 24.3 Å². The fourth-order valence-electron chi connectivity index (χ4n) is 4.44. The van der Waals surface area contributed by atoms with Crippen LogP contribution in [0.3, 0.4) is 0 Å². The van der Waals surface area contributed by atoms with Gasteiger partial charge in [0, 0.05) is 29.3 Å². The number of anilines is 1. The van der Waals surface area contributed by atoms with Crippen LogP contribution in [0.4, 0.5) is 32.2 Å². The van der Waals surface area contributed by atoms with Crippen LogP contribution in [-0.4, -0.2) is 52.7 Å². The molecular weight excluding hydrogens is 534 g/mol. The molecule has 2 aromatic rings. The van der Waals surface area contributed by atoms with E-state index < -0.39 is 44.8 Å². The van der Waals surface area contributed by atoms with Gasteiger partial charge in [0.2, 0.25) is 0 Å². The zero-order chi connectivity index (χ0) is 28.0. The fourth-order valence-corrected chi connectivity index (χ4v) is 4.88. The Bertz CT molecular complexity index is 1230. The van der Waals surface area contributed by atoms with Crippen LogP contribution in [0, 0.1) is 0 Å². The summed E-state index contributed by atoms with van der Waals surface area (Å²) in [6.45, 7) is 8.15. The fraction of sp³-hybridized carbons (Fsp3) is 0.524. The predicted octanol–water partition coefficient (Wildman–Crippen LogP) is 4.70. The summed E-state index contributed by atoms with van der Waals surface area (Å²) in [6, 6.07) is 3.20. The van der Waals surface area contributed by atoms with Crippen LogP contribution in [0.1, 0.15) is 40.5 Å². The molecule has 1 aromatic carbocycles. The van der Waals surface area contributed by atoms with Gasteiger partial charge in [-0.3, -0.25) is 0 Å². The quantitative estimate of drug-likeness (QED) is 0.263. The molecule has 9 nitrogen and oxygen atoms in total. The van der Waals surface area contributed by atoms with Gasteiger partial charge < -0.3 is 24.7 Å². The molecule has 0 bridgehead atoms. The van der Waals surface area contributed by atoms with Gasteiger partial charge in [-0.15, -0.1) is 23.4 Å². The van der Waals surface area contributed by atoms with E-state index in [-0.39, 0.29) is 34.7 Å². The first-order valence-electron chi connectivity index (χ1n) is 10.7. The Morgan fingerprint density at radius 2 is 1.62 bits per heavy atom. The van der Waals surface area contributed by atoms with Crippen molar-refractivity contribution in [3.8, 4) is 28.5 Å². The predicted molar refractivity (Wildman–Crippen MR) is 119 cm³/mol. The van der Waals surface area contributed by atoms with Crippen molar-refractivity contribution in [1.29, 1.82) is 0 Å². The van der Waals surface area contributed by atoms with Crippen LogP contribution < -0.4 is 19.6 Å². The largest absolute Gasteiger partial charge is 0.573 e. The Labute approximate surface area is 208 Å². The lowest BCUT2D eigenvalue weighted by Gasteiger charge is -2.46. The highest BCUT2D eigenvalue weighted by atomic mass is 32.2. The molecule has 1 fully saturated rings. The molecule has 0 saturated carbocycles. The highest BCUT2D eigenvalue weighted by Gasteiger charge is 2.49. The van der Waals surface area contributed by atoms with E-state index >= 15 is 0 Å². The Hall–Kier alpha value is -3.01. The van der Waals surface area contributed by atoms with Gasteiger partial charge in [0.05, 0.1) is 5.56 Å². The van der Waals surface area contributed by atoms with Gasteiger partial charge in [0.15, 0.2) is 0 Å². The van der Waals surface area contributed by atoms with Gasteiger partial charge in [-0.1, -0.05) is 0 Å². The number of hydrogen-bond acceptors (Lipinski definition) is 9. The molecule has 1 aliphatic heterocycles. The minimum Gasteiger partial charge on any atom is -0.507 e. The second-order valence-electron chi connectivity index (χ2n) is 9.79. The van der Waals surface area contributed by atoms with Crippen molar-refractivity contribution in [2.45, 2.75) is 69.5 Å². The SMILES string of the molecule is CC1(C)CC(Nc2ccc(-c3c(O)cc(OS(=O)(=O)C(F)(F)F)cc3OC(F)(F)F)nn2)CC(C)(C)N1. The average Bonchev–Trinajstić information content (AvgIpc) is 2.63. The first kappa shape index (κ1) is 28.6. The number of benzene rings is 1. The van der Waals surface area contributed by atoms with E-state index in [9.17, 15) is 39.9 Å². The molecule has 0 atom stereocenters. The molecule has 37 heavy (non-hydrogen) atoms. The van der Waals surface area contributed by atoms with E-state index in [4.69, 9.17) is 0 Å². The maximum absolute atomic E-state index is 13.0. The Kier molecular flexibility index (Phi) is 7.24. The summed E-state index contributed by atoms with van der Waals surface area (Å²) >= 11 is 0. The van der Waals surface area contributed by atoms with Gasteiger partial charge in [-0.05, 0) is 52.7 Å². The van der Waals surface area contributed by atoms with E-state index in [1.807, 2.05) is 27.7 Å². The summed E-state index contributed by atoms with van der Waals surface area (Å²) < 4.78 is 107. The maximum Gasteiger partial charge on any atom is 0.573 e. The highest BCUT2D eigenvalue weighted by Crippen LogP contribution is 2.43. The lowest BCUT2D eigenvalue weighted by molar-refractivity contribution is -0.274. The van der Waals surface area contributed by atoms with Gasteiger partial charge >= 0.3 is 22.0 Å². The highest BCUT2D eigenvalue weighted by molar-refractivity contribution is 7.88. The van der Waals surface area contributed by atoms with Gasteiger partial charge in [0.25, 0.3) is 0 Å². The third-order valence-corrected chi connectivity index (χ3v) is 6.21. The second-order valence-corrected chi connectivity index (χ2v) is 11.3. The molecule has 1 aromatic heterocycles. The van der Waals surface area contributed by atoms with E-state index in [0.29, 0.717) is 6.07 Å². The van der Waals surface area contributed by atoms with E-state index in [1.54, 1.807) is 0 Å². The Morgan fingerprint density at radius 3 is 2.11 bits per heavy atom. The monoisotopic (exact) mass is 558 g/mol. The molecule has 2 heterocycles. The van der Waals surface area contributed by atoms with E-state index in [0.717, 1.165) is 12.8 Å². The van der Waals surface area contributed by atoms with Crippen molar-refractivity contribution in [2.75, 3.05) is 5.32 Å². The van der Waals surface area contributed by atoms with Crippen LogP contribution in [0.5, 0.6) is 17.2 Å². The van der Waals surface area contributed by atoms with Crippen LogP contribution in [0.2, 0.25) is 0 Å². The number of piperidine rings is 1. The van der Waals surface area contributed by atoms with Crippen molar-refractivity contribution in [3.05, 3.63) is 24.3 Å². The zero-order valence-corrected chi connectivity index (χ0v) is 20.8. The van der Waals surface area contributed by atoms with E-state index in [1.165, 1.54) is 12.1 Å². The van der Waals surface area contributed by atoms with Crippen LogP contribution in [-0.2, 0) is 10.1 Å². The molecular formula is C21H24F6N4O5S. The van der Waals surface area contributed by atoms with Crippen LogP contribution in [0.25, 0.3) is 11.3 Å². The summed E-state index contributed by atoms with van der Waals surface area (Å²) in [4.78, 5) is 0. The number of nitrogens with zero attached hydrogens (tertiary/aromatic N) is 2. The lowest BCUT2D eigenvalue weighted by Crippen LogP contribution is -2.60. The van der Waals surface area contributed by atoms with Crippen molar-refractivity contribution in [1.82, 2.24) is 15.5 Å². The summed E-state index contributed by atoms with van der Waals surface area (Å²) in [5, 5.41) is 24.7. The van der Waals surface area contributed by atoms with Crippen molar-refractivity contribution >= 4 is 15.9 Å². The molecule has 16 heteroatoms. The minimum absolute atomic E-state index is 0.0176. The van der Waals surface area contributed by atoms with Gasteiger partial charge in [-0.2, -0.15) is 21.6 Å². The topological polar surface area (TPSA) is 123 Å². The number of aromatic hydroxyl groups is 1. The first-order chi connectivity index (χ1) is 16.7.